The van der Waals surface area contributed by atoms with Crippen LogP contribution in [0.4, 0.5) is 0 Å². The van der Waals surface area contributed by atoms with E-state index in [0.29, 0.717) is 42.7 Å². The molecule has 1 aromatic rings. The molecule has 0 aromatic carbocycles. The third kappa shape index (κ3) is 4.00. The summed E-state index contributed by atoms with van der Waals surface area (Å²) in [5, 5.41) is 9.29. The predicted octanol–water partition coefficient (Wildman–Crippen LogP) is 2.88. The number of aryl methyl sites for hydroxylation is 1. The maximum absolute atomic E-state index is 12.5. The number of piperidine rings is 1. The molecule has 5 nitrogen and oxygen atoms in total. The van der Waals surface area contributed by atoms with Crippen LogP contribution in [0.2, 0.25) is 5.02 Å². The van der Waals surface area contributed by atoms with Crippen LogP contribution in [-0.4, -0.2) is 39.5 Å². The van der Waals surface area contributed by atoms with Gasteiger partial charge in [0.2, 0.25) is 0 Å². The molecule has 1 aliphatic rings. The van der Waals surface area contributed by atoms with Crippen molar-refractivity contribution in [3.63, 3.8) is 0 Å². The fraction of sp³-hybridized carbons (Fsp3) is 0.600. The third-order valence-electron chi connectivity index (χ3n) is 4.09. The molecule has 1 amide bonds. The van der Waals surface area contributed by atoms with Crippen LogP contribution in [0.15, 0.2) is 12.3 Å². The minimum atomic E-state index is -0.746. The van der Waals surface area contributed by atoms with E-state index in [2.05, 4.69) is 0 Å². The highest BCUT2D eigenvalue weighted by atomic mass is 35.5. The molecular formula is C15H21ClN2O3. The molecule has 0 atom stereocenters. The minimum absolute atomic E-state index is 0.0143. The molecule has 21 heavy (non-hydrogen) atoms. The number of rotatable bonds is 5. The first-order valence-corrected chi connectivity index (χ1v) is 7.75. The van der Waals surface area contributed by atoms with E-state index >= 15 is 0 Å². The molecule has 0 saturated carbocycles. The number of carbonyl (C=O) groups is 2. The van der Waals surface area contributed by atoms with Crippen molar-refractivity contribution in [3.8, 4) is 0 Å². The molecule has 2 rings (SSSR count). The van der Waals surface area contributed by atoms with Crippen LogP contribution >= 0.6 is 11.6 Å². The lowest BCUT2D eigenvalue weighted by Gasteiger charge is -2.32. The molecule has 116 valence electrons. The average Bonchev–Trinajstić information content (AvgIpc) is 2.86. The molecule has 1 fully saturated rings. The maximum atomic E-state index is 12.5. The van der Waals surface area contributed by atoms with Gasteiger partial charge in [-0.15, -0.1) is 0 Å². The molecule has 0 unspecified atom stereocenters. The van der Waals surface area contributed by atoms with E-state index < -0.39 is 5.97 Å². The second-order valence-electron chi connectivity index (χ2n) is 5.50. The lowest BCUT2D eigenvalue weighted by molar-refractivity contribution is -0.137. The Morgan fingerprint density at radius 1 is 1.38 bits per heavy atom. The average molecular weight is 313 g/mol. The largest absolute Gasteiger partial charge is 0.481 e. The van der Waals surface area contributed by atoms with Crippen molar-refractivity contribution in [1.29, 1.82) is 0 Å². The summed E-state index contributed by atoms with van der Waals surface area (Å²) in [5.41, 5.74) is 0.631. The van der Waals surface area contributed by atoms with Crippen molar-refractivity contribution in [2.75, 3.05) is 13.1 Å². The zero-order valence-corrected chi connectivity index (χ0v) is 13.0. The van der Waals surface area contributed by atoms with Gasteiger partial charge in [-0.05, 0) is 38.2 Å². The van der Waals surface area contributed by atoms with Gasteiger partial charge in [-0.1, -0.05) is 11.6 Å². The summed E-state index contributed by atoms with van der Waals surface area (Å²) in [7, 11) is 0. The van der Waals surface area contributed by atoms with Crippen LogP contribution in [0, 0.1) is 5.92 Å². The van der Waals surface area contributed by atoms with E-state index in [1.165, 1.54) is 0 Å². The molecule has 1 N–H and O–H groups in total. The second kappa shape index (κ2) is 6.98. The van der Waals surface area contributed by atoms with Crippen molar-refractivity contribution < 1.29 is 14.7 Å². The Balaban J connectivity index is 1.92. The monoisotopic (exact) mass is 312 g/mol. The zero-order valence-electron chi connectivity index (χ0n) is 12.2. The van der Waals surface area contributed by atoms with Crippen molar-refractivity contribution in [2.24, 2.45) is 5.92 Å². The number of carboxylic acid groups (broad SMARTS) is 1. The highest BCUT2D eigenvalue weighted by Gasteiger charge is 2.25. The summed E-state index contributed by atoms with van der Waals surface area (Å²) < 4.78 is 1.86. The summed E-state index contributed by atoms with van der Waals surface area (Å²) in [5.74, 6) is -0.323. The molecular weight excluding hydrogens is 292 g/mol. The Morgan fingerprint density at radius 3 is 2.62 bits per heavy atom. The van der Waals surface area contributed by atoms with E-state index in [0.717, 1.165) is 12.8 Å². The van der Waals surface area contributed by atoms with Crippen LogP contribution < -0.4 is 0 Å². The Kier molecular flexibility index (Phi) is 5.28. The highest BCUT2D eigenvalue weighted by Crippen LogP contribution is 2.24. The quantitative estimate of drug-likeness (QED) is 0.909. The lowest BCUT2D eigenvalue weighted by Crippen LogP contribution is -2.39. The normalized spacial score (nSPS) is 16.2. The predicted molar refractivity (Wildman–Crippen MR) is 80.6 cm³/mol. The molecule has 1 aromatic heterocycles. The second-order valence-corrected chi connectivity index (χ2v) is 5.93. The number of aliphatic carboxylic acids is 1. The van der Waals surface area contributed by atoms with Gasteiger partial charge in [-0.3, -0.25) is 9.59 Å². The number of nitrogens with zero attached hydrogens (tertiary/aromatic N) is 2. The molecule has 2 heterocycles. The van der Waals surface area contributed by atoms with E-state index in [-0.39, 0.29) is 12.3 Å². The van der Waals surface area contributed by atoms with Crippen molar-refractivity contribution in [3.05, 3.63) is 23.0 Å². The molecule has 0 aliphatic carbocycles. The summed E-state index contributed by atoms with van der Waals surface area (Å²) in [6.45, 7) is 4.07. The van der Waals surface area contributed by atoms with E-state index in [1.807, 2.05) is 16.4 Å². The summed E-state index contributed by atoms with van der Waals surface area (Å²) in [6.07, 6.45) is 4.44. The molecule has 1 saturated heterocycles. The highest BCUT2D eigenvalue weighted by molar-refractivity contribution is 6.31. The number of aromatic nitrogens is 1. The van der Waals surface area contributed by atoms with Crippen LogP contribution in [0.1, 0.15) is 43.1 Å². The SMILES string of the molecule is CCn1cc(Cl)cc1C(=O)N1CCC(CCC(=O)O)CC1. The molecule has 0 spiro atoms. The lowest BCUT2D eigenvalue weighted by atomic mass is 9.92. The van der Waals surface area contributed by atoms with Gasteiger partial charge in [0.25, 0.3) is 5.91 Å². The van der Waals surface area contributed by atoms with Gasteiger partial charge in [0.15, 0.2) is 0 Å². The number of carboxylic acids is 1. The van der Waals surface area contributed by atoms with Gasteiger partial charge in [-0.25, -0.2) is 0 Å². The van der Waals surface area contributed by atoms with Gasteiger partial charge in [0.1, 0.15) is 5.69 Å². The van der Waals surface area contributed by atoms with E-state index in [4.69, 9.17) is 16.7 Å². The van der Waals surface area contributed by atoms with Gasteiger partial charge < -0.3 is 14.6 Å². The first-order chi connectivity index (χ1) is 10.0. The first-order valence-electron chi connectivity index (χ1n) is 7.38. The fourth-order valence-electron chi connectivity index (χ4n) is 2.83. The number of carbonyl (C=O) groups excluding carboxylic acids is 1. The number of amides is 1. The van der Waals surface area contributed by atoms with Gasteiger partial charge >= 0.3 is 5.97 Å². The summed E-state index contributed by atoms with van der Waals surface area (Å²) >= 11 is 5.97. The third-order valence-corrected chi connectivity index (χ3v) is 4.30. The fourth-order valence-corrected chi connectivity index (χ4v) is 3.05. The number of hydrogen-bond donors (Lipinski definition) is 1. The number of halogens is 1. The smallest absolute Gasteiger partial charge is 0.303 e. The minimum Gasteiger partial charge on any atom is -0.481 e. The van der Waals surface area contributed by atoms with Crippen LogP contribution in [0.3, 0.4) is 0 Å². The van der Waals surface area contributed by atoms with Gasteiger partial charge in [0, 0.05) is 32.3 Å². The standard InChI is InChI=1S/C15H21ClN2O3/c1-2-17-10-12(16)9-13(17)15(21)18-7-5-11(6-8-18)3-4-14(19)20/h9-11H,2-8H2,1H3,(H,19,20). The van der Waals surface area contributed by atoms with Gasteiger partial charge in [-0.2, -0.15) is 0 Å². The first kappa shape index (κ1) is 15.9. The number of hydrogen-bond acceptors (Lipinski definition) is 2. The Bertz CT molecular complexity index is 519. The van der Waals surface area contributed by atoms with E-state index in [9.17, 15) is 9.59 Å². The van der Waals surface area contributed by atoms with Gasteiger partial charge in [0.05, 0.1) is 5.02 Å². The topological polar surface area (TPSA) is 62.5 Å². The van der Waals surface area contributed by atoms with Crippen molar-refractivity contribution >= 4 is 23.5 Å². The van der Waals surface area contributed by atoms with Crippen LogP contribution in [0.25, 0.3) is 0 Å². The van der Waals surface area contributed by atoms with E-state index in [1.54, 1.807) is 12.3 Å². The van der Waals surface area contributed by atoms with Crippen molar-refractivity contribution in [2.45, 2.75) is 39.2 Å². The van der Waals surface area contributed by atoms with Crippen LogP contribution in [0.5, 0.6) is 0 Å². The number of likely N-dealkylation sites (tertiary alicyclic amines) is 1. The van der Waals surface area contributed by atoms with Crippen LogP contribution in [-0.2, 0) is 11.3 Å². The molecule has 0 bridgehead atoms. The summed E-state index contributed by atoms with van der Waals surface area (Å²) in [4.78, 5) is 25.0. The maximum Gasteiger partial charge on any atom is 0.303 e. The Labute approximate surface area is 129 Å². The summed E-state index contributed by atoms with van der Waals surface area (Å²) in [6, 6.07) is 1.71. The Hall–Kier alpha value is -1.49. The Morgan fingerprint density at radius 2 is 2.05 bits per heavy atom. The molecule has 1 aliphatic heterocycles. The molecule has 6 heteroatoms. The van der Waals surface area contributed by atoms with Crippen molar-refractivity contribution in [1.82, 2.24) is 9.47 Å². The molecule has 0 radical (unpaired) electrons. The zero-order chi connectivity index (χ0) is 15.4.